The Balaban J connectivity index is 3.01. The van der Waals surface area contributed by atoms with Gasteiger partial charge in [-0.15, -0.1) is 0 Å². The van der Waals surface area contributed by atoms with Crippen LogP contribution in [0.1, 0.15) is 35.7 Å². The van der Waals surface area contributed by atoms with E-state index >= 15 is 0 Å². The largest absolute Gasteiger partial charge is 0.462 e. The highest BCUT2D eigenvalue weighted by molar-refractivity contribution is 5.97. The second kappa shape index (κ2) is 6.00. The fourth-order valence-electron chi connectivity index (χ4n) is 1.49. The number of carbonyl (C=O) groups excluding carboxylic acids is 1. The van der Waals surface area contributed by atoms with Gasteiger partial charge in [0, 0.05) is 6.07 Å². The maximum atomic E-state index is 11.7. The third-order valence-electron chi connectivity index (χ3n) is 2.45. The maximum Gasteiger partial charge on any atom is 0.340 e. The number of hydrogen-bond donors (Lipinski definition) is 1. The van der Waals surface area contributed by atoms with Gasteiger partial charge in [-0.1, -0.05) is 13.3 Å². The van der Waals surface area contributed by atoms with Crippen LogP contribution in [-0.4, -0.2) is 17.5 Å². The molecule has 0 saturated heterocycles. The molecular formula is C12H16N2O4. The van der Waals surface area contributed by atoms with Crippen molar-refractivity contribution in [3.8, 4) is 0 Å². The quantitative estimate of drug-likeness (QED) is 0.285. The molecule has 0 fully saturated rings. The fraction of sp³-hybridized carbons (Fsp3) is 0.417. The number of hydrogen-bond acceptors (Lipinski definition) is 5. The first kappa shape index (κ1) is 14.0. The van der Waals surface area contributed by atoms with Crippen LogP contribution < -0.4 is 5.73 Å². The summed E-state index contributed by atoms with van der Waals surface area (Å²) in [5.41, 5.74) is 5.85. The van der Waals surface area contributed by atoms with E-state index in [1.807, 2.05) is 6.92 Å². The molecule has 1 aromatic carbocycles. The molecule has 0 aromatic heterocycles. The zero-order valence-corrected chi connectivity index (χ0v) is 10.4. The van der Waals surface area contributed by atoms with E-state index in [-0.39, 0.29) is 23.5 Å². The fourth-order valence-corrected chi connectivity index (χ4v) is 1.49. The standard InChI is InChI=1S/C12H16N2O4/c1-3-4-5-18-12(15)9-6-8(2)7-10(11(9)13)14(16)17/h6-7H,3-5,13H2,1-2H3. The van der Waals surface area contributed by atoms with Gasteiger partial charge >= 0.3 is 5.97 Å². The summed E-state index contributed by atoms with van der Waals surface area (Å²) in [4.78, 5) is 21.9. The Morgan fingerprint density at radius 3 is 2.72 bits per heavy atom. The van der Waals surface area contributed by atoms with Gasteiger partial charge < -0.3 is 10.5 Å². The zero-order chi connectivity index (χ0) is 13.7. The number of nitrogens with two attached hydrogens (primary N) is 1. The Bertz CT molecular complexity index is 471. The van der Waals surface area contributed by atoms with Crippen molar-refractivity contribution in [3.63, 3.8) is 0 Å². The Kier molecular flexibility index (Phi) is 4.65. The van der Waals surface area contributed by atoms with Crippen LogP contribution in [0.15, 0.2) is 12.1 Å². The van der Waals surface area contributed by atoms with Crippen LogP contribution >= 0.6 is 0 Å². The number of ether oxygens (including phenoxy) is 1. The van der Waals surface area contributed by atoms with Gasteiger partial charge in [-0.25, -0.2) is 4.79 Å². The third kappa shape index (κ3) is 3.19. The zero-order valence-electron chi connectivity index (χ0n) is 10.4. The van der Waals surface area contributed by atoms with Crippen molar-refractivity contribution >= 4 is 17.3 Å². The first-order valence-corrected chi connectivity index (χ1v) is 5.69. The molecule has 6 nitrogen and oxygen atoms in total. The number of esters is 1. The van der Waals surface area contributed by atoms with Crippen molar-refractivity contribution < 1.29 is 14.5 Å². The number of nitrogen functional groups attached to an aromatic ring is 1. The van der Waals surface area contributed by atoms with Crippen LogP contribution in [0.2, 0.25) is 0 Å². The normalized spacial score (nSPS) is 10.1. The smallest absolute Gasteiger partial charge is 0.340 e. The van der Waals surface area contributed by atoms with Crippen LogP contribution in [0, 0.1) is 17.0 Å². The predicted molar refractivity (Wildman–Crippen MR) is 67.4 cm³/mol. The molecule has 0 aliphatic rings. The first-order chi connectivity index (χ1) is 8.47. The number of carbonyl (C=O) groups is 1. The summed E-state index contributed by atoms with van der Waals surface area (Å²) in [7, 11) is 0. The molecule has 18 heavy (non-hydrogen) atoms. The maximum absolute atomic E-state index is 11.7. The minimum atomic E-state index is -0.618. The molecule has 0 unspecified atom stereocenters. The van der Waals surface area contributed by atoms with E-state index in [0.29, 0.717) is 5.56 Å². The molecule has 0 radical (unpaired) electrons. The monoisotopic (exact) mass is 252 g/mol. The molecule has 0 heterocycles. The van der Waals surface area contributed by atoms with Gasteiger partial charge in [0.25, 0.3) is 5.69 Å². The second-order valence-electron chi connectivity index (χ2n) is 3.99. The molecule has 0 aliphatic heterocycles. The summed E-state index contributed by atoms with van der Waals surface area (Å²) in [6.07, 6.45) is 1.65. The lowest BCUT2D eigenvalue weighted by Crippen LogP contribution is -2.11. The van der Waals surface area contributed by atoms with Gasteiger partial charge in [0.2, 0.25) is 0 Å². The van der Waals surface area contributed by atoms with Crippen molar-refractivity contribution in [1.29, 1.82) is 0 Å². The molecule has 0 aliphatic carbocycles. The topological polar surface area (TPSA) is 95.5 Å². The molecule has 1 rings (SSSR count). The number of nitrogens with zero attached hydrogens (tertiary/aromatic N) is 1. The van der Waals surface area contributed by atoms with Gasteiger partial charge in [0.05, 0.1) is 17.1 Å². The van der Waals surface area contributed by atoms with E-state index in [2.05, 4.69) is 0 Å². The van der Waals surface area contributed by atoms with Crippen molar-refractivity contribution in [2.45, 2.75) is 26.7 Å². The SMILES string of the molecule is CCCCOC(=O)c1cc(C)cc([N+](=O)[O-])c1N. The van der Waals surface area contributed by atoms with Gasteiger partial charge in [-0.05, 0) is 25.0 Å². The van der Waals surface area contributed by atoms with E-state index < -0.39 is 10.9 Å². The lowest BCUT2D eigenvalue weighted by atomic mass is 10.1. The molecule has 0 atom stereocenters. The highest BCUT2D eigenvalue weighted by Gasteiger charge is 2.21. The Morgan fingerprint density at radius 2 is 2.17 bits per heavy atom. The Morgan fingerprint density at radius 1 is 1.50 bits per heavy atom. The van der Waals surface area contributed by atoms with Gasteiger partial charge in [-0.3, -0.25) is 10.1 Å². The number of nitro groups is 1. The Hall–Kier alpha value is -2.11. The first-order valence-electron chi connectivity index (χ1n) is 5.69. The summed E-state index contributed by atoms with van der Waals surface area (Å²) in [5, 5.41) is 10.8. The summed E-state index contributed by atoms with van der Waals surface area (Å²) in [6, 6.07) is 2.83. The minimum Gasteiger partial charge on any atom is -0.462 e. The number of unbranched alkanes of at least 4 members (excludes halogenated alkanes) is 1. The van der Waals surface area contributed by atoms with Crippen molar-refractivity contribution in [2.24, 2.45) is 0 Å². The summed E-state index contributed by atoms with van der Waals surface area (Å²) in [5.74, 6) is -0.618. The summed E-state index contributed by atoms with van der Waals surface area (Å²) < 4.78 is 5.00. The average Bonchev–Trinajstić information content (AvgIpc) is 2.31. The molecular weight excluding hydrogens is 236 g/mol. The number of rotatable bonds is 5. The van der Waals surface area contributed by atoms with Gasteiger partial charge in [-0.2, -0.15) is 0 Å². The van der Waals surface area contributed by atoms with E-state index in [9.17, 15) is 14.9 Å². The molecule has 2 N–H and O–H groups in total. The third-order valence-corrected chi connectivity index (χ3v) is 2.45. The molecule has 98 valence electrons. The van der Waals surface area contributed by atoms with E-state index in [1.165, 1.54) is 12.1 Å². The van der Waals surface area contributed by atoms with Gasteiger partial charge in [0.1, 0.15) is 5.69 Å². The minimum absolute atomic E-state index is 0.0535. The lowest BCUT2D eigenvalue weighted by Gasteiger charge is -2.08. The van der Waals surface area contributed by atoms with Crippen LogP contribution in [0.25, 0.3) is 0 Å². The van der Waals surface area contributed by atoms with E-state index in [4.69, 9.17) is 10.5 Å². The van der Waals surface area contributed by atoms with Crippen molar-refractivity contribution in [3.05, 3.63) is 33.4 Å². The Labute approximate surface area is 105 Å². The summed E-state index contributed by atoms with van der Waals surface area (Å²) in [6.45, 7) is 3.92. The molecule has 0 saturated carbocycles. The molecule has 0 spiro atoms. The molecule has 0 bridgehead atoms. The molecule has 1 aromatic rings. The van der Waals surface area contributed by atoms with E-state index in [0.717, 1.165) is 12.8 Å². The van der Waals surface area contributed by atoms with Crippen molar-refractivity contribution in [1.82, 2.24) is 0 Å². The summed E-state index contributed by atoms with van der Waals surface area (Å²) >= 11 is 0. The number of aryl methyl sites for hydroxylation is 1. The highest BCUT2D eigenvalue weighted by atomic mass is 16.6. The van der Waals surface area contributed by atoms with E-state index in [1.54, 1.807) is 6.92 Å². The average molecular weight is 252 g/mol. The lowest BCUT2D eigenvalue weighted by molar-refractivity contribution is -0.384. The van der Waals surface area contributed by atoms with Crippen molar-refractivity contribution in [2.75, 3.05) is 12.3 Å². The van der Waals surface area contributed by atoms with Crippen LogP contribution in [0.4, 0.5) is 11.4 Å². The highest BCUT2D eigenvalue weighted by Crippen LogP contribution is 2.27. The number of anilines is 1. The van der Waals surface area contributed by atoms with Crippen LogP contribution in [0.5, 0.6) is 0 Å². The van der Waals surface area contributed by atoms with Gasteiger partial charge in [0.15, 0.2) is 0 Å². The predicted octanol–water partition coefficient (Wildman–Crippen LogP) is 2.44. The second-order valence-corrected chi connectivity index (χ2v) is 3.99. The van der Waals surface area contributed by atoms with Crippen LogP contribution in [0.3, 0.4) is 0 Å². The number of benzene rings is 1. The van der Waals surface area contributed by atoms with Crippen LogP contribution in [-0.2, 0) is 4.74 Å². The molecule has 0 amide bonds. The number of nitro benzene ring substituents is 1. The molecule has 6 heteroatoms.